The molecule has 2 aliphatic rings. The molecule has 0 bridgehead atoms. The molecule has 0 aromatic heterocycles. The molecule has 6 nitrogen and oxygen atoms in total. The van der Waals surface area contributed by atoms with Crippen LogP contribution in [0, 0.1) is 0 Å². The van der Waals surface area contributed by atoms with Crippen molar-refractivity contribution in [2.24, 2.45) is 0 Å². The zero-order valence-corrected chi connectivity index (χ0v) is 16.5. The Hall–Kier alpha value is -1.28. The monoisotopic (exact) mass is 392 g/mol. The molecular formula is C19H30F2O6. The summed E-state index contributed by atoms with van der Waals surface area (Å²) in [6, 6.07) is 0. The molecule has 0 aromatic carbocycles. The topological polar surface area (TPSA) is 71.1 Å². The van der Waals surface area contributed by atoms with Gasteiger partial charge in [-0.15, -0.1) is 0 Å². The largest absolute Gasteiger partial charge is 0.460 e. The second-order valence-electron chi connectivity index (χ2n) is 8.46. The summed E-state index contributed by atoms with van der Waals surface area (Å²) in [5.74, 6) is -6.38. The molecule has 1 aliphatic carbocycles. The van der Waals surface area contributed by atoms with Crippen molar-refractivity contribution in [1.82, 2.24) is 0 Å². The van der Waals surface area contributed by atoms with Crippen molar-refractivity contribution in [3.8, 4) is 0 Å². The summed E-state index contributed by atoms with van der Waals surface area (Å²) in [6.07, 6.45) is 3.44. The normalized spacial score (nSPS) is 25.9. The van der Waals surface area contributed by atoms with Crippen molar-refractivity contribution >= 4 is 11.9 Å². The molecule has 8 heteroatoms. The standard InChI is InChI=1S/C19H30F2O6/c1-17(2,3)27-15(22)11-13-10-14(12-24-16(23)18(4,20)21)26-19(25-13)8-6-5-7-9-19/h13-14H,5-12H2,1-4H3. The molecule has 1 saturated heterocycles. The zero-order chi connectivity index (χ0) is 20.3. The summed E-state index contributed by atoms with van der Waals surface area (Å²) in [5, 5.41) is 0. The lowest BCUT2D eigenvalue weighted by Crippen LogP contribution is -2.51. The molecule has 2 atom stereocenters. The van der Waals surface area contributed by atoms with E-state index < -0.39 is 41.5 Å². The number of rotatable bonds is 5. The van der Waals surface area contributed by atoms with Gasteiger partial charge in [-0.1, -0.05) is 6.42 Å². The van der Waals surface area contributed by atoms with Gasteiger partial charge in [0, 0.05) is 26.2 Å². The molecule has 1 aliphatic heterocycles. The minimum Gasteiger partial charge on any atom is -0.460 e. The van der Waals surface area contributed by atoms with Gasteiger partial charge in [-0.25, -0.2) is 4.79 Å². The SMILES string of the molecule is CC(C)(C)OC(=O)CC1CC(COC(=O)C(C)(F)F)OC2(CCCCC2)O1. The molecule has 0 N–H and O–H groups in total. The Morgan fingerprint density at radius 1 is 1.04 bits per heavy atom. The van der Waals surface area contributed by atoms with Crippen LogP contribution in [0.2, 0.25) is 0 Å². The van der Waals surface area contributed by atoms with Crippen LogP contribution in [-0.2, 0) is 28.5 Å². The lowest BCUT2D eigenvalue weighted by Gasteiger charge is -2.46. The molecule has 2 fully saturated rings. The first kappa shape index (κ1) is 22.0. The van der Waals surface area contributed by atoms with Crippen LogP contribution >= 0.6 is 0 Å². The molecule has 156 valence electrons. The molecule has 0 amide bonds. The molecule has 1 heterocycles. The Labute approximate surface area is 158 Å². The van der Waals surface area contributed by atoms with Gasteiger partial charge < -0.3 is 18.9 Å². The number of halogens is 2. The molecular weight excluding hydrogens is 362 g/mol. The van der Waals surface area contributed by atoms with Crippen molar-refractivity contribution in [2.75, 3.05) is 6.61 Å². The first-order chi connectivity index (χ1) is 12.4. The van der Waals surface area contributed by atoms with Crippen molar-refractivity contribution in [3.63, 3.8) is 0 Å². The van der Waals surface area contributed by atoms with E-state index in [0.29, 0.717) is 19.8 Å². The Kier molecular flexibility index (Phi) is 6.84. The van der Waals surface area contributed by atoms with Gasteiger partial charge in [0.25, 0.3) is 0 Å². The van der Waals surface area contributed by atoms with E-state index in [-0.39, 0.29) is 19.4 Å². The fourth-order valence-electron chi connectivity index (χ4n) is 3.44. The van der Waals surface area contributed by atoms with Crippen LogP contribution in [-0.4, -0.2) is 48.1 Å². The molecule has 2 unspecified atom stereocenters. The summed E-state index contributed by atoms with van der Waals surface area (Å²) in [4.78, 5) is 23.5. The Balaban J connectivity index is 2.01. The second-order valence-corrected chi connectivity index (χ2v) is 8.46. The van der Waals surface area contributed by atoms with E-state index in [1.165, 1.54) is 0 Å². The van der Waals surface area contributed by atoms with Crippen molar-refractivity contribution < 1.29 is 37.3 Å². The first-order valence-electron chi connectivity index (χ1n) is 9.51. The van der Waals surface area contributed by atoms with Gasteiger partial charge in [0.05, 0.1) is 18.6 Å². The maximum absolute atomic E-state index is 13.0. The molecule has 27 heavy (non-hydrogen) atoms. The van der Waals surface area contributed by atoms with Gasteiger partial charge in [-0.05, 0) is 33.6 Å². The minimum absolute atomic E-state index is 0.0385. The summed E-state index contributed by atoms with van der Waals surface area (Å²) in [7, 11) is 0. The van der Waals surface area contributed by atoms with E-state index in [4.69, 9.17) is 18.9 Å². The average molecular weight is 392 g/mol. The van der Waals surface area contributed by atoms with Crippen molar-refractivity contribution in [2.45, 2.75) is 102 Å². The van der Waals surface area contributed by atoms with Crippen LogP contribution in [0.25, 0.3) is 0 Å². The van der Waals surface area contributed by atoms with E-state index in [1.54, 1.807) is 20.8 Å². The first-order valence-corrected chi connectivity index (χ1v) is 9.51. The lowest BCUT2D eigenvalue weighted by molar-refractivity contribution is -0.333. The van der Waals surface area contributed by atoms with Crippen molar-refractivity contribution in [3.05, 3.63) is 0 Å². The van der Waals surface area contributed by atoms with Crippen LogP contribution in [0.4, 0.5) is 8.78 Å². The molecule has 0 aromatic rings. The average Bonchev–Trinajstić information content (AvgIpc) is 2.50. The predicted octanol–water partition coefficient (Wildman–Crippen LogP) is 3.75. The maximum atomic E-state index is 13.0. The van der Waals surface area contributed by atoms with E-state index in [1.807, 2.05) is 0 Å². The van der Waals surface area contributed by atoms with Gasteiger partial charge in [-0.2, -0.15) is 8.78 Å². The number of esters is 2. The van der Waals surface area contributed by atoms with Crippen molar-refractivity contribution in [1.29, 1.82) is 0 Å². The quantitative estimate of drug-likeness (QED) is 0.664. The molecule has 1 saturated carbocycles. The lowest BCUT2D eigenvalue weighted by atomic mass is 9.91. The van der Waals surface area contributed by atoms with E-state index in [0.717, 1.165) is 19.3 Å². The summed E-state index contributed by atoms with van der Waals surface area (Å²) in [5.41, 5.74) is -0.605. The van der Waals surface area contributed by atoms with Crippen LogP contribution in [0.15, 0.2) is 0 Å². The predicted molar refractivity (Wildman–Crippen MR) is 92.2 cm³/mol. The fraction of sp³-hybridized carbons (Fsp3) is 0.895. The Bertz CT molecular complexity index is 531. The second kappa shape index (κ2) is 8.39. The zero-order valence-electron chi connectivity index (χ0n) is 16.5. The van der Waals surface area contributed by atoms with Crippen LogP contribution in [0.1, 0.15) is 72.6 Å². The Morgan fingerprint density at radius 3 is 2.19 bits per heavy atom. The molecule has 0 radical (unpaired) electrons. The van der Waals surface area contributed by atoms with Crippen LogP contribution in [0.3, 0.4) is 0 Å². The van der Waals surface area contributed by atoms with E-state index in [2.05, 4.69) is 0 Å². The third kappa shape index (κ3) is 6.99. The fourth-order valence-corrected chi connectivity index (χ4v) is 3.44. The highest BCUT2D eigenvalue weighted by molar-refractivity contribution is 5.76. The summed E-state index contributed by atoms with van der Waals surface area (Å²) < 4.78 is 48.2. The highest BCUT2D eigenvalue weighted by Crippen LogP contribution is 2.40. The third-order valence-corrected chi connectivity index (χ3v) is 4.48. The van der Waals surface area contributed by atoms with Gasteiger partial charge in [0.15, 0.2) is 5.79 Å². The summed E-state index contributed by atoms with van der Waals surface area (Å²) in [6.45, 7) is 5.55. The van der Waals surface area contributed by atoms with Crippen LogP contribution < -0.4 is 0 Å². The number of alkyl halides is 2. The van der Waals surface area contributed by atoms with Gasteiger partial charge in [-0.3, -0.25) is 4.79 Å². The van der Waals surface area contributed by atoms with E-state index >= 15 is 0 Å². The minimum atomic E-state index is -3.55. The maximum Gasteiger partial charge on any atom is 0.376 e. The number of carbonyl (C=O) groups excluding carboxylic acids is 2. The number of hydrogen-bond acceptors (Lipinski definition) is 6. The Morgan fingerprint density at radius 2 is 1.63 bits per heavy atom. The molecule has 2 rings (SSSR count). The highest BCUT2D eigenvalue weighted by atomic mass is 19.3. The number of ether oxygens (including phenoxy) is 4. The van der Waals surface area contributed by atoms with Gasteiger partial charge in [0.1, 0.15) is 12.2 Å². The third-order valence-electron chi connectivity index (χ3n) is 4.48. The number of carbonyl (C=O) groups is 2. The smallest absolute Gasteiger partial charge is 0.376 e. The van der Waals surface area contributed by atoms with Gasteiger partial charge in [0.2, 0.25) is 0 Å². The summed E-state index contributed by atoms with van der Waals surface area (Å²) >= 11 is 0. The van der Waals surface area contributed by atoms with Crippen LogP contribution in [0.5, 0.6) is 0 Å². The van der Waals surface area contributed by atoms with Gasteiger partial charge >= 0.3 is 17.9 Å². The highest BCUT2D eigenvalue weighted by Gasteiger charge is 2.45. The molecule has 1 spiro atoms. The van der Waals surface area contributed by atoms with E-state index in [9.17, 15) is 18.4 Å². The number of hydrogen-bond donors (Lipinski definition) is 0.